The van der Waals surface area contributed by atoms with Crippen molar-refractivity contribution in [1.82, 2.24) is 0 Å². The Morgan fingerprint density at radius 3 is 2.13 bits per heavy atom. The van der Waals surface area contributed by atoms with Crippen molar-refractivity contribution in [3.63, 3.8) is 0 Å². The van der Waals surface area contributed by atoms with E-state index in [9.17, 15) is 35.4 Å². The van der Waals surface area contributed by atoms with Gasteiger partial charge >= 0.3 is 5.97 Å². The summed E-state index contributed by atoms with van der Waals surface area (Å²) in [5, 5.41) is 69.8. The van der Waals surface area contributed by atoms with Gasteiger partial charge in [0.25, 0.3) is 0 Å². The van der Waals surface area contributed by atoms with Crippen LogP contribution in [-0.4, -0.2) is 91.0 Å². The molecule has 0 spiro atoms. The predicted molar refractivity (Wildman–Crippen MR) is 127 cm³/mol. The van der Waals surface area contributed by atoms with Gasteiger partial charge in [0, 0.05) is 162 Å². The second-order valence-corrected chi connectivity index (χ2v) is 11.8. The molecule has 5 rings (SSSR count). The molecule has 9 unspecified atom stereocenters. The largest absolute Gasteiger partial charge is 0.455 e. The summed E-state index contributed by atoms with van der Waals surface area (Å²) in [4.78, 5) is 13.4. The molecule has 1 aromatic rings. The summed E-state index contributed by atoms with van der Waals surface area (Å²) in [5.74, 6) is -1.99. The van der Waals surface area contributed by atoms with Crippen LogP contribution in [0.3, 0.4) is 0 Å². The molecule has 0 aromatic heterocycles. The number of aliphatic hydroxyl groups excluding tert-OH is 4. The zero-order valence-electron chi connectivity index (χ0n) is 22.7. The van der Waals surface area contributed by atoms with Gasteiger partial charge in [-0.25, -0.2) is 4.79 Å². The average Bonchev–Trinajstić information content (AvgIpc) is 2.83. The van der Waals surface area contributed by atoms with Gasteiger partial charge in [-0.3, -0.25) is 0 Å². The number of benzene rings is 1. The first-order chi connectivity index (χ1) is 16.7. The number of esters is 1. The molecule has 2 saturated carbocycles. The molecule has 1 heterocycles. The molecule has 12 heteroatoms. The Labute approximate surface area is 336 Å². The van der Waals surface area contributed by atoms with Crippen molar-refractivity contribution in [2.45, 2.75) is 88.4 Å². The van der Waals surface area contributed by atoms with E-state index in [1.165, 1.54) is 6.92 Å². The number of aliphatic hydroxyl groups is 6. The molecule has 10 atom stereocenters. The minimum absolute atomic E-state index is 0. The smallest absolute Gasteiger partial charge is 0.338 e. The van der Waals surface area contributed by atoms with Gasteiger partial charge in [0.05, 0.1) is 36.6 Å². The van der Waals surface area contributed by atoms with E-state index < -0.39 is 70.5 Å². The van der Waals surface area contributed by atoms with E-state index >= 15 is 0 Å². The van der Waals surface area contributed by atoms with Gasteiger partial charge in [0.15, 0.2) is 0 Å². The maximum Gasteiger partial charge on any atom is 0.338 e. The molecular formula is C27H36Ac3O9. The number of rotatable bonds is 2. The van der Waals surface area contributed by atoms with Crippen LogP contribution in [0.1, 0.15) is 50.9 Å². The fourth-order valence-corrected chi connectivity index (χ4v) is 7.49. The Bertz CT molecular complexity index is 1100. The van der Waals surface area contributed by atoms with Gasteiger partial charge in [0.1, 0.15) is 23.4 Å². The van der Waals surface area contributed by atoms with E-state index in [0.29, 0.717) is 5.57 Å². The van der Waals surface area contributed by atoms with Crippen LogP contribution in [0.2, 0.25) is 0 Å². The van der Waals surface area contributed by atoms with Crippen LogP contribution in [-0.2, 0) is 9.47 Å². The molecular weight excluding hydrogens is 1150 g/mol. The molecule has 39 heavy (non-hydrogen) atoms. The summed E-state index contributed by atoms with van der Waals surface area (Å²) in [6.07, 6.45) is -8.16. The SMILES string of the molecule is CC1=C2C(O)C(O)[C@]3(C)C(O)CC4OCC4(O)C3C(OC(=O)c3ccccc3)C(O)(CC1O)C2(C)C.[Ac].[Ac].[Ac]. The first-order valence-corrected chi connectivity index (χ1v) is 12.5. The van der Waals surface area contributed by atoms with Crippen LogP contribution < -0.4 is 0 Å². The van der Waals surface area contributed by atoms with Crippen molar-refractivity contribution in [1.29, 1.82) is 0 Å². The van der Waals surface area contributed by atoms with Crippen LogP contribution in [0.4, 0.5) is 0 Å². The van der Waals surface area contributed by atoms with E-state index in [1.807, 2.05) is 0 Å². The molecule has 3 aliphatic carbocycles. The van der Waals surface area contributed by atoms with E-state index in [2.05, 4.69) is 0 Å². The van der Waals surface area contributed by atoms with Crippen molar-refractivity contribution in [2.24, 2.45) is 16.7 Å². The van der Waals surface area contributed by atoms with Gasteiger partial charge in [-0.15, -0.1) is 0 Å². The third-order valence-corrected chi connectivity index (χ3v) is 9.87. The minimum Gasteiger partial charge on any atom is -0.455 e. The quantitative estimate of drug-likeness (QED) is 0.182. The first kappa shape index (κ1) is 37.7. The van der Waals surface area contributed by atoms with Crippen LogP contribution in [0.15, 0.2) is 41.5 Å². The van der Waals surface area contributed by atoms with Crippen LogP contribution in [0.5, 0.6) is 0 Å². The van der Waals surface area contributed by atoms with Crippen molar-refractivity contribution in [3.05, 3.63) is 47.0 Å². The van der Waals surface area contributed by atoms with Crippen LogP contribution >= 0.6 is 0 Å². The maximum absolute atomic E-state index is 13.4. The topological polar surface area (TPSA) is 157 Å². The number of hydrogen-bond donors (Lipinski definition) is 6. The molecule has 207 valence electrons. The average molecular weight is 1190 g/mol. The predicted octanol–water partition coefficient (Wildman–Crippen LogP) is 0.303. The Morgan fingerprint density at radius 2 is 1.59 bits per heavy atom. The van der Waals surface area contributed by atoms with E-state index in [-0.39, 0.29) is 163 Å². The number of hydrogen-bond acceptors (Lipinski definition) is 9. The van der Waals surface area contributed by atoms with Gasteiger partial charge in [-0.2, -0.15) is 0 Å². The van der Waals surface area contributed by atoms with Crippen molar-refractivity contribution in [2.75, 3.05) is 6.61 Å². The zero-order valence-corrected chi connectivity index (χ0v) is 36.9. The summed E-state index contributed by atoms with van der Waals surface area (Å²) in [5.41, 5.74) is -5.70. The summed E-state index contributed by atoms with van der Waals surface area (Å²) >= 11 is 0. The van der Waals surface area contributed by atoms with Gasteiger partial charge in [-0.1, -0.05) is 39.0 Å². The molecule has 4 aliphatic rings. The molecule has 1 aliphatic heterocycles. The summed E-state index contributed by atoms with van der Waals surface area (Å²) in [6, 6.07) is 8.19. The summed E-state index contributed by atoms with van der Waals surface area (Å²) < 4.78 is 11.6. The molecule has 3 radical (unpaired) electrons. The molecule has 2 bridgehead atoms. The van der Waals surface area contributed by atoms with Crippen molar-refractivity contribution < 1.29 is 177 Å². The van der Waals surface area contributed by atoms with Crippen molar-refractivity contribution >= 4 is 5.97 Å². The summed E-state index contributed by atoms with van der Waals surface area (Å²) in [7, 11) is 0. The molecule has 3 fully saturated rings. The maximum atomic E-state index is 13.4. The number of fused-ring (bicyclic) bond motifs is 5. The third-order valence-electron chi connectivity index (χ3n) is 9.87. The second-order valence-electron chi connectivity index (χ2n) is 11.8. The Hall–Kier alpha value is 2.47. The number of carbonyl (C=O) groups excluding carboxylic acids is 1. The fraction of sp³-hybridized carbons (Fsp3) is 0.667. The van der Waals surface area contributed by atoms with E-state index in [0.717, 1.165) is 0 Å². The van der Waals surface area contributed by atoms with Crippen LogP contribution in [0.25, 0.3) is 0 Å². The Kier molecular flexibility index (Phi) is 12.6. The fourth-order valence-electron chi connectivity index (χ4n) is 7.49. The van der Waals surface area contributed by atoms with E-state index in [1.54, 1.807) is 51.1 Å². The van der Waals surface area contributed by atoms with Gasteiger partial charge < -0.3 is 40.1 Å². The Balaban J connectivity index is 0.00000178. The standard InChI is InChI=1S/C27H36O9.3Ac/c1-13-15(28)11-27(34)22(36-23(32)14-8-6-5-7-9-14)20-25(4,16(29)10-17-26(20,33)12-35-17)21(31)19(30)18(13)24(27,2)3;;;/h5-9,15-17,19-22,28-31,33-34H,10-12H2,1-4H3;;;/t15?,16?,17?,19?,20?,21?,22?,25-,26?,27?;;;/m1.../s1. The number of ether oxygens (including phenoxy) is 2. The Morgan fingerprint density at radius 1 is 1.00 bits per heavy atom. The van der Waals surface area contributed by atoms with Crippen molar-refractivity contribution in [3.8, 4) is 0 Å². The molecule has 6 N–H and O–H groups in total. The van der Waals surface area contributed by atoms with Gasteiger partial charge in [0.2, 0.25) is 0 Å². The molecule has 9 nitrogen and oxygen atoms in total. The number of carbonyl (C=O) groups is 1. The van der Waals surface area contributed by atoms with Crippen LogP contribution in [0, 0.1) is 149 Å². The molecule has 1 aromatic carbocycles. The minimum atomic E-state index is -1.98. The second kappa shape index (κ2) is 13.1. The monoisotopic (exact) mass is 1190 g/mol. The van der Waals surface area contributed by atoms with E-state index in [4.69, 9.17) is 9.47 Å². The third kappa shape index (κ3) is 5.49. The first-order valence-electron chi connectivity index (χ1n) is 12.5. The zero-order chi connectivity index (χ0) is 26.4. The van der Waals surface area contributed by atoms with Gasteiger partial charge in [-0.05, 0) is 30.2 Å². The normalized spacial score (nSPS) is 43.9. The summed E-state index contributed by atoms with van der Waals surface area (Å²) in [6.45, 7) is 6.34. The molecule has 1 saturated heterocycles. The molecule has 0 amide bonds.